The second-order valence-electron chi connectivity index (χ2n) is 5.30. The molecule has 1 aromatic carbocycles. The maximum absolute atomic E-state index is 12.4. The van der Waals surface area contributed by atoms with Crippen molar-refractivity contribution in [3.8, 4) is 0 Å². The van der Waals surface area contributed by atoms with Crippen LogP contribution in [0.5, 0.6) is 0 Å². The first-order chi connectivity index (χ1) is 8.25. The van der Waals surface area contributed by atoms with Gasteiger partial charge in [0.05, 0.1) is 0 Å². The fourth-order valence-electron chi connectivity index (χ4n) is 3.88. The minimum absolute atomic E-state index is 0.0255. The van der Waals surface area contributed by atoms with Gasteiger partial charge in [0, 0.05) is 17.4 Å². The van der Waals surface area contributed by atoms with Crippen molar-refractivity contribution in [2.45, 2.75) is 12.3 Å². The van der Waals surface area contributed by atoms with Gasteiger partial charge in [0.25, 0.3) is 0 Å². The van der Waals surface area contributed by atoms with E-state index in [1.165, 1.54) is 6.07 Å². The third kappa shape index (κ3) is 1.05. The van der Waals surface area contributed by atoms with Gasteiger partial charge in [-0.1, -0.05) is 18.2 Å². The van der Waals surface area contributed by atoms with Gasteiger partial charge in [-0.05, 0) is 42.0 Å². The molecule has 2 heteroatoms. The summed E-state index contributed by atoms with van der Waals surface area (Å²) in [5.74, 6) is 1.67. The van der Waals surface area contributed by atoms with E-state index in [1.807, 2.05) is 6.07 Å². The molecular formula is C15H12O2. The Morgan fingerprint density at radius 2 is 1.59 bits per heavy atom. The Kier molecular flexibility index (Phi) is 1.62. The van der Waals surface area contributed by atoms with Crippen LogP contribution in [0.3, 0.4) is 0 Å². The molecule has 3 aliphatic carbocycles. The van der Waals surface area contributed by atoms with Crippen LogP contribution in [0.2, 0.25) is 0 Å². The molecule has 0 heterocycles. The standard InChI is InChI=1S/C15H12O2/c16-10-3-5-11-12(6-4-10)15(17)14-9-2-1-8(7-9)13(11)14/h1-6,8-9,13-14H,7H2/t8-,9+,13+,14-/m0/s1. The Hall–Kier alpha value is -1.70. The first-order valence-corrected chi connectivity index (χ1v) is 6.12. The lowest BCUT2D eigenvalue weighted by Crippen LogP contribution is -2.18. The molecule has 3 aliphatic rings. The molecule has 2 nitrogen and oxygen atoms in total. The minimum Gasteiger partial charge on any atom is -0.294 e. The molecule has 17 heavy (non-hydrogen) atoms. The van der Waals surface area contributed by atoms with E-state index in [0.29, 0.717) is 17.8 Å². The maximum Gasteiger partial charge on any atom is 0.178 e. The van der Waals surface area contributed by atoms with E-state index in [4.69, 9.17) is 0 Å². The van der Waals surface area contributed by atoms with Crippen LogP contribution in [0.15, 0.2) is 41.2 Å². The summed E-state index contributed by atoms with van der Waals surface area (Å²) in [5.41, 5.74) is 1.85. The van der Waals surface area contributed by atoms with E-state index < -0.39 is 0 Å². The summed E-state index contributed by atoms with van der Waals surface area (Å²) in [6, 6.07) is 6.68. The normalized spacial score (nSPS) is 36.1. The number of hydrogen-bond acceptors (Lipinski definition) is 2. The molecule has 4 atom stereocenters. The van der Waals surface area contributed by atoms with Crippen LogP contribution in [0, 0.1) is 17.8 Å². The van der Waals surface area contributed by atoms with Crippen LogP contribution in [0.25, 0.3) is 0 Å². The Morgan fingerprint density at radius 3 is 2.41 bits per heavy atom. The van der Waals surface area contributed by atoms with Crippen molar-refractivity contribution in [1.82, 2.24) is 0 Å². The summed E-state index contributed by atoms with van der Waals surface area (Å²) in [5, 5.41) is 0. The molecule has 0 spiro atoms. The fraction of sp³-hybridized carbons (Fsp3) is 0.333. The van der Waals surface area contributed by atoms with Gasteiger partial charge in [-0.2, -0.15) is 0 Å². The fourth-order valence-corrected chi connectivity index (χ4v) is 3.88. The van der Waals surface area contributed by atoms with Crippen LogP contribution in [-0.4, -0.2) is 5.78 Å². The van der Waals surface area contributed by atoms with Crippen LogP contribution < -0.4 is 5.43 Å². The first-order valence-electron chi connectivity index (χ1n) is 6.12. The Labute approximate surface area is 99.0 Å². The number of Topliss-reactive ketones (excluding diaryl/α,β-unsaturated/α-hetero) is 1. The second kappa shape index (κ2) is 2.95. The van der Waals surface area contributed by atoms with E-state index in [1.54, 1.807) is 12.1 Å². The highest BCUT2D eigenvalue weighted by atomic mass is 16.1. The van der Waals surface area contributed by atoms with Gasteiger partial charge in [-0.15, -0.1) is 0 Å². The minimum atomic E-state index is -0.0255. The Morgan fingerprint density at radius 1 is 0.882 bits per heavy atom. The van der Waals surface area contributed by atoms with Gasteiger partial charge in [0.2, 0.25) is 0 Å². The number of ketones is 1. The van der Waals surface area contributed by atoms with Crippen molar-refractivity contribution >= 4 is 5.78 Å². The van der Waals surface area contributed by atoms with Gasteiger partial charge in [0.1, 0.15) is 0 Å². The summed E-state index contributed by atoms with van der Waals surface area (Å²) in [4.78, 5) is 23.7. The molecule has 2 bridgehead atoms. The summed E-state index contributed by atoms with van der Waals surface area (Å²) in [6.45, 7) is 0. The SMILES string of the molecule is O=C1c2ccc(=O)ccc2[C@@H]2[C@@H]1[C@@H]1C=C[C@H]2C1. The monoisotopic (exact) mass is 224 g/mol. The zero-order valence-corrected chi connectivity index (χ0v) is 9.30. The number of rotatable bonds is 0. The number of carbonyl (C=O) groups is 1. The lowest BCUT2D eigenvalue weighted by molar-refractivity contribution is 0.0911. The predicted molar refractivity (Wildman–Crippen MR) is 64.0 cm³/mol. The van der Waals surface area contributed by atoms with Crippen LogP contribution in [-0.2, 0) is 0 Å². The van der Waals surface area contributed by atoms with Crippen molar-refractivity contribution in [3.05, 3.63) is 57.8 Å². The largest absolute Gasteiger partial charge is 0.294 e. The quantitative estimate of drug-likeness (QED) is 0.633. The number of carbonyl (C=O) groups excluding carboxylic acids is 1. The average Bonchev–Trinajstić information content (AvgIpc) is 2.94. The molecule has 0 N–H and O–H groups in total. The lowest BCUT2D eigenvalue weighted by Gasteiger charge is -2.19. The molecule has 0 saturated heterocycles. The zero-order chi connectivity index (χ0) is 11.6. The van der Waals surface area contributed by atoms with E-state index in [-0.39, 0.29) is 17.1 Å². The van der Waals surface area contributed by atoms with Crippen LogP contribution in [0.4, 0.5) is 0 Å². The molecule has 4 rings (SSSR count). The van der Waals surface area contributed by atoms with Crippen LogP contribution in [0.1, 0.15) is 28.3 Å². The first kappa shape index (κ1) is 9.34. The molecule has 0 aromatic heterocycles. The van der Waals surface area contributed by atoms with Gasteiger partial charge >= 0.3 is 0 Å². The molecule has 0 unspecified atom stereocenters. The van der Waals surface area contributed by atoms with Crippen molar-refractivity contribution in [3.63, 3.8) is 0 Å². The molecular weight excluding hydrogens is 212 g/mol. The summed E-state index contributed by atoms with van der Waals surface area (Å²) >= 11 is 0. The number of fused-ring (bicyclic) bond motifs is 7. The van der Waals surface area contributed by atoms with Gasteiger partial charge in [0.15, 0.2) is 11.2 Å². The van der Waals surface area contributed by atoms with Gasteiger partial charge in [-0.3, -0.25) is 9.59 Å². The topological polar surface area (TPSA) is 34.1 Å². The Balaban J connectivity index is 1.98. The third-order valence-corrected chi connectivity index (χ3v) is 4.54. The van der Waals surface area contributed by atoms with Crippen molar-refractivity contribution in [1.29, 1.82) is 0 Å². The molecule has 1 fully saturated rings. The van der Waals surface area contributed by atoms with E-state index >= 15 is 0 Å². The molecule has 0 radical (unpaired) electrons. The summed E-state index contributed by atoms with van der Waals surface area (Å²) in [7, 11) is 0. The van der Waals surface area contributed by atoms with E-state index in [2.05, 4.69) is 12.2 Å². The van der Waals surface area contributed by atoms with E-state index in [0.717, 1.165) is 17.5 Å². The van der Waals surface area contributed by atoms with Crippen molar-refractivity contribution < 1.29 is 4.79 Å². The smallest absolute Gasteiger partial charge is 0.178 e. The highest BCUT2D eigenvalue weighted by molar-refractivity contribution is 6.04. The summed E-state index contributed by atoms with van der Waals surface area (Å²) in [6.07, 6.45) is 5.57. The predicted octanol–water partition coefficient (Wildman–Crippen LogP) is 2.15. The van der Waals surface area contributed by atoms with Gasteiger partial charge in [-0.25, -0.2) is 0 Å². The average molecular weight is 224 g/mol. The molecule has 0 amide bonds. The summed E-state index contributed by atoms with van der Waals surface area (Å²) < 4.78 is 0. The Bertz CT molecular complexity index is 615. The highest BCUT2D eigenvalue weighted by Gasteiger charge is 2.53. The number of hydrogen-bond donors (Lipinski definition) is 0. The molecule has 84 valence electrons. The van der Waals surface area contributed by atoms with Crippen molar-refractivity contribution in [2.24, 2.45) is 17.8 Å². The van der Waals surface area contributed by atoms with E-state index in [9.17, 15) is 9.59 Å². The molecule has 0 aliphatic heterocycles. The second-order valence-corrected chi connectivity index (χ2v) is 5.30. The van der Waals surface area contributed by atoms with Gasteiger partial charge < -0.3 is 0 Å². The highest BCUT2D eigenvalue weighted by Crippen LogP contribution is 2.57. The zero-order valence-electron chi connectivity index (χ0n) is 9.30. The number of allylic oxidation sites excluding steroid dienone is 2. The molecule has 1 saturated carbocycles. The van der Waals surface area contributed by atoms with Crippen LogP contribution >= 0.6 is 0 Å². The third-order valence-electron chi connectivity index (χ3n) is 4.54. The lowest BCUT2D eigenvalue weighted by atomic mass is 9.83. The maximum atomic E-state index is 12.4. The molecule has 1 aromatic rings. The van der Waals surface area contributed by atoms with Crippen molar-refractivity contribution in [2.75, 3.05) is 0 Å².